The maximum atomic E-state index is 10.2. The lowest BCUT2D eigenvalue weighted by atomic mass is 10.2. The molecule has 0 aliphatic heterocycles. The summed E-state index contributed by atoms with van der Waals surface area (Å²) in [5.41, 5.74) is 6.97. The smallest absolute Gasteiger partial charge is 0.337 e. The third-order valence-electron chi connectivity index (χ3n) is 2.28. The lowest BCUT2D eigenvalue weighted by Gasteiger charge is -1.98. The van der Waals surface area contributed by atoms with E-state index in [-0.39, 0.29) is 5.56 Å². The van der Waals surface area contributed by atoms with Gasteiger partial charge in [0.15, 0.2) is 0 Å². The number of benzene rings is 1. The third kappa shape index (κ3) is 6.92. The summed E-state index contributed by atoms with van der Waals surface area (Å²) in [6.07, 6.45) is 2.84. The Kier molecular flexibility index (Phi) is 8.10. The summed E-state index contributed by atoms with van der Waals surface area (Å²) in [5.74, 6) is 1.19. The van der Waals surface area contributed by atoms with Crippen LogP contribution < -0.4 is 5.73 Å². The number of hydrogen-bond donors (Lipinski definition) is 2. The summed E-state index contributed by atoms with van der Waals surface area (Å²) >= 11 is 1.88. The third-order valence-corrected chi connectivity index (χ3v) is 3.34. The fourth-order valence-corrected chi connectivity index (χ4v) is 2.08. The first-order chi connectivity index (χ1) is 9.74. The Balaban J connectivity index is 0.000000204. The molecular weight excluding hydrogens is 272 g/mol. The van der Waals surface area contributed by atoms with E-state index in [0.29, 0.717) is 0 Å². The summed E-state index contributed by atoms with van der Waals surface area (Å²) in [7, 11) is 0. The first-order valence-electron chi connectivity index (χ1n) is 6.19. The van der Waals surface area contributed by atoms with Crippen LogP contribution in [0.25, 0.3) is 0 Å². The minimum absolute atomic E-state index is 0.220. The van der Waals surface area contributed by atoms with Crippen LogP contribution in [-0.4, -0.2) is 28.4 Å². The highest BCUT2D eigenvalue weighted by Gasteiger charge is 1.97. The molecule has 1 aromatic heterocycles. The number of thioether (sulfide) groups is 1. The van der Waals surface area contributed by atoms with Gasteiger partial charge in [-0.1, -0.05) is 30.3 Å². The predicted molar refractivity (Wildman–Crippen MR) is 82.9 cm³/mol. The van der Waals surface area contributed by atoms with E-state index in [1.165, 1.54) is 24.0 Å². The SMILES string of the molecule is NCCSCc1ccccc1.O=C(O)c1cccnc1. The Hall–Kier alpha value is -1.85. The highest BCUT2D eigenvalue weighted by Crippen LogP contribution is 2.09. The number of aromatic nitrogens is 1. The first kappa shape index (κ1) is 16.2. The number of nitrogens with two attached hydrogens (primary N) is 1. The molecule has 106 valence electrons. The van der Waals surface area contributed by atoms with Gasteiger partial charge in [0, 0.05) is 30.4 Å². The molecule has 4 nitrogen and oxygen atoms in total. The molecule has 0 saturated carbocycles. The van der Waals surface area contributed by atoms with E-state index in [0.717, 1.165) is 18.1 Å². The van der Waals surface area contributed by atoms with Crippen molar-refractivity contribution in [1.82, 2.24) is 4.98 Å². The Morgan fingerprint density at radius 3 is 2.45 bits per heavy atom. The molecule has 0 bridgehead atoms. The second-order valence-electron chi connectivity index (χ2n) is 3.87. The van der Waals surface area contributed by atoms with Gasteiger partial charge in [-0.25, -0.2) is 4.79 Å². The van der Waals surface area contributed by atoms with Gasteiger partial charge in [0.05, 0.1) is 5.56 Å². The number of aromatic carboxylic acids is 1. The van der Waals surface area contributed by atoms with Crippen LogP contribution in [0.2, 0.25) is 0 Å². The van der Waals surface area contributed by atoms with E-state index >= 15 is 0 Å². The molecule has 5 heteroatoms. The van der Waals surface area contributed by atoms with Crippen molar-refractivity contribution in [2.24, 2.45) is 5.73 Å². The molecule has 0 aliphatic rings. The number of nitrogens with zero attached hydrogens (tertiary/aromatic N) is 1. The first-order valence-corrected chi connectivity index (χ1v) is 7.34. The van der Waals surface area contributed by atoms with Crippen LogP contribution in [0.3, 0.4) is 0 Å². The van der Waals surface area contributed by atoms with Crippen LogP contribution >= 0.6 is 11.8 Å². The number of pyridine rings is 1. The van der Waals surface area contributed by atoms with Gasteiger partial charge >= 0.3 is 5.97 Å². The molecule has 3 N–H and O–H groups in total. The van der Waals surface area contributed by atoms with E-state index in [9.17, 15) is 4.79 Å². The van der Waals surface area contributed by atoms with Gasteiger partial charge in [0.25, 0.3) is 0 Å². The minimum atomic E-state index is -0.942. The minimum Gasteiger partial charge on any atom is -0.478 e. The normalized spacial score (nSPS) is 9.45. The lowest BCUT2D eigenvalue weighted by molar-refractivity contribution is 0.0696. The maximum absolute atomic E-state index is 10.2. The molecule has 0 saturated heterocycles. The molecule has 0 unspecified atom stereocenters. The zero-order chi connectivity index (χ0) is 14.6. The molecule has 0 fully saturated rings. The van der Waals surface area contributed by atoms with Gasteiger partial charge in [-0.2, -0.15) is 11.8 Å². The van der Waals surface area contributed by atoms with Crippen LogP contribution in [0.15, 0.2) is 54.9 Å². The molecule has 2 aromatic rings. The van der Waals surface area contributed by atoms with Crippen molar-refractivity contribution in [3.63, 3.8) is 0 Å². The Bertz CT molecular complexity index is 492. The number of rotatable bonds is 5. The number of carbonyl (C=O) groups is 1. The topological polar surface area (TPSA) is 76.2 Å². The van der Waals surface area contributed by atoms with Crippen LogP contribution in [0.5, 0.6) is 0 Å². The van der Waals surface area contributed by atoms with Crippen LogP contribution in [0, 0.1) is 0 Å². The highest BCUT2D eigenvalue weighted by atomic mass is 32.2. The van der Waals surface area contributed by atoms with Gasteiger partial charge in [0.2, 0.25) is 0 Å². The van der Waals surface area contributed by atoms with Gasteiger partial charge in [-0.15, -0.1) is 0 Å². The van der Waals surface area contributed by atoms with E-state index < -0.39 is 5.97 Å². The molecule has 1 heterocycles. The molecule has 1 aromatic carbocycles. The summed E-state index contributed by atoms with van der Waals surface area (Å²) in [6, 6.07) is 13.5. The zero-order valence-corrected chi connectivity index (χ0v) is 11.9. The molecule has 0 spiro atoms. The van der Waals surface area contributed by atoms with Gasteiger partial charge in [-0.05, 0) is 17.7 Å². The maximum Gasteiger partial charge on any atom is 0.337 e. The average molecular weight is 290 g/mol. The van der Waals surface area contributed by atoms with Crippen LogP contribution in [0.4, 0.5) is 0 Å². The number of hydrogen-bond acceptors (Lipinski definition) is 4. The Labute approximate surface area is 123 Å². The van der Waals surface area contributed by atoms with E-state index in [1.807, 2.05) is 17.8 Å². The monoisotopic (exact) mass is 290 g/mol. The highest BCUT2D eigenvalue weighted by molar-refractivity contribution is 7.98. The van der Waals surface area contributed by atoms with Crippen molar-refractivity contribution < 1.29 is 9.90 Å². The van der Waals surface area contributed by atoms with E-state index in [1.54, 1.807) is 6.07 Å². The van der Waals surface area contributed by atoms with Gasteiger partial charge in [0.1, 0.15) is 0 Å². The fourth-order valence-electron chi connectivity index (χ4n) is 1.34. The van der Waals surface area contributed by atoms with Gasteiger partial charge in [-0.3, -0.25) is 4.98 Å². The second kappa shape index (κ2) is 10.00. The van der Waals surface area contributed by atoms with E-state index in [4.69, 9.17) is 10.8 Å². The van der Waals surface area contributed by atoms with Crippen molar-refractivity contribution in [2.45, 2.75) is 5.75 Å². The van der Waals surface area contributed by atoms with Crippen molar-refractivity contribution in [2.75, 3.05) is 12.3 Å². The largest absolute Gasteiger partial charge is 0.478 e. The summed E-state index contributed by atoms with van der Waals surface area (Å²) < 4.78 is 0. The van der Waals surface area contributed by atoms with Crippen LogP contribution in [0.1, 0.15) is 15.9 Å². The standard InChI is InChI=1S/C9H13NS.C6H5NO2/c10-6-7-11-8-9-4-2-1-3-5-9;8-6(9)5-2-1-3-7-4-5/h1-5H,6-8,10H2;1-4H,(H,8,9). The average Bonchev–Trinajstić information content (AvgIpc) is 2.50. The van der Waals surface area contributed by atoms with Crippen LogP contribution in [-0.2, 0) is 5.75 Å². The van der Waals surface area contributed by atoms with Crippen molar-refractivity contribution >= 4 is 17.7 Å². The fraction of sp³-hybridized carbons (Fsp3) is 0.200. The van der Waals surface area contributed by atoms with E-state index in [2.05, 4.69) is 29.2 Å². The van der Waals surface area contributed by atoms with Crippen molar-refractivity contribution in [3.05, 3.63) is 66.0 Å². The van der Waals surface area contributed by atoms with Gasteiger partial charge < -0.3 is 10.8 Å². The molecule has 20 heavy (non-hydrogen) atoms. The summed E-state index contributed by atoms with van der Waals surface area (Å²) in [6.45, 7) is 0.775. The Morgan fingerprint density at radius 2 is 1.95 bits per heavy atom. The molecule has 0 aliphatic carbocycles. The number of carboxylic acid groups (broad SMARTS) is 1. The van der Waals surface area contributed by atoms with Crippen molar-refractivity contribution in [1.29, 1.82) is 0 Å². The molecule has 2 rings (SSSR count). The summed E-state index contributed by atoms with van der Waals surface area (Å²) in [4.78, 5) is 13.8. The second-order valence-corrected chi connectivity index (χ2v) is 4.98. The number of carboxylic acids is 1. The lowest BCUT2D eigenvalue weighted by Crippen LogP contribution is -2.01. The quantitative estimate of drug-likeness (QED) is 0.828. The van der Waals surface area contributed by atoms with Crippen molar-refractivity contribution in [3.8, 4) is 0 Å². The molecular formula is C15H18N2O2S. The molecule has 0 radical (unpaired) electrons. The summed E-state index contributed by atoms with van der Waals surface area (Å²) in [5, 5.41) is 8.34. The zero-order valence-electron chi connectivity index (χ0n) is 11.1. The molecule has 0 amide bonds. The Morgan fingerprint density at radius 1 is 1.20 bits per heavy atom. The predicted octanol–water partition coefficient (Wildman–Crippen LogP) is 2.66. The molecule has 0 atom stereocenters.